The van der Waals surface area contributed by atoms with Crippen molar-refractivity contribution in [2.24, 2.45) is 0 Å². The molecule has 0 bridgehead atoms. The highest BCUT2D eigenvalue weighted by atomic mass is 79.9. The van der Waals surface area contributed by atoms with Crippen LogP contribution in [0, 0.1) is 13.8 Å². The van der Waals surface area contributed by atoms with Crippen LogP contribution in [0.25, 0.3) is 10.8 Å². The predicted octanol–water partition coefficient (Wildman–Crippen LogP) is 5.47. The summed E-state index contributed by atoms with van der Waals surface area (Å²) in [5, 5.41) is 4.96. The van der Waals surface area contributed by atoms with Crippen LogP contribution in [-0.2, 0) is 0 Å². The normalized spacial score (nSPS) is 10.7. The van der Waals surface area contributed by atoms with Gasteiger partial charge >= 0.3 is 0 Å². The molecule has 0 fully saturated rings. The number of hydrogen-bond donors (Lipinski definition) is 1. The third kappa shape index (κ3) is 2.77. The van der Waals surface area contributed by atoms with Crippen LogP contribution in [0.3, 0.4) is 0 Å². The Bertz CT molecular complexity index is 870. The lowest BCUT2D eigenvalue weighted by Crippen LogP contribution is -2.12. The lowest BCUT2D eigenvalue weighted by atomic mass is 10.0. The van der Waals surface area contributed by atoms with Crippen LogP contribution in [-0.4, -0.2) is 5.91 Å². The fourth-order valence-electron chi connectivity index (χ4n) is 2.49. The molecule has 3 rings (SSSR count). The highest BCUT2D eigenvalue weighted by Gasteiger charge is 2.11. The smallest absolute Gasteiger partial charge is 0.256 e. The van der Waals surface area contributed by atoms with Crippen LogP contribution in [0.2, 0.25) is 0 Å². The van der Waals surface area contributed by atoms with E-state index < -0.39 is 0 Å². The Morgan fingerprint density at radius 2 is 1.64 bits per heavy atom. The number of nitrogens with one attached hydrogen (secondary N) is 1. The van der Waals surface area contributed by atoms with Gasteiger partial charge in [-0.2, -0.15) is 0 Å². The second-order valence-electron chi connectivity index (χ2n) is 5.39. The number of carbonyl (C=O) groups is 1. The zero-order valence-corrected chi connectivity index (χ0v) is 14.1. The van der Waals surface area contributed by atoms with Crippen molar-refractivity contribution >= 4 is 38.3 Å². The molecule has 0 aliphatic rings. The van der Waals surface area contributed by atoms with E-state index in [2.05, 4.69) is 28.2 Å². The quantitative estimate of drug-likeness (QED) is 0.649. The Labute approximate surface area is 138 Å². The molecule has 0 saturated heterocycles. The highest BCUT2D eigenvalue weighted by molar-refractivity contribution is 9.10. The van der Waals surface area contributed by atoms with Crippen LogP contribution in [0.15, 0.2) is 59.1 Å². The molecule has 0 radical (unpaired) electrons. The van der Waals surface area contributed by atoms with Crippen molar-refractivity contribution in [1.29, 1.82) is 0 Å². The van der Waals surface area contributed by atoms with Gasteiger partial charge in [0.05, 0.1) is 0 Å². The number of benzene rings is 3. The SMILES string of the molecule is Cc1ccc(NC(=O)c2cccc3c(Br)cccc23)cc1C. The summed E-state index contributed by atoms with van der Waals surface area (Å²) in [7, 11) is 0. The number of anilines is 1. The summed E-state index contributed by atoms with van der Waals surface area (Å²) >= 11 is 3.53. The van der Waals surface area contributed by atoms with Gasteiger partial charge in [-0.15, -0.1) is 0 Å². The van der Waals surface area contributed by atoms with Gasteiger partial charge in [-0.25, -0.2) is 0 Å². The van der Waals surface area contributed by atoms with Gasteiger partial charge in [-0.1, -0.05) is 46.3 Å². The molecule has 3 heteroatoms. The number of halogens is 1. The minimum absolute atomic E-state index is 0.0908. The molecule has 0 aromatic heterocycles. The van der Waals surface area contributed by atoms with E-state index in [1.807, 2.05) is 61.5 Å². The minimum atomic E-state index is -0.0908. The number of carbonyl (C=O) groups excluding carboxylic acids is 1. The number of aryl methyl sites for hydroxylation is 2. The summed E-state index contributed by atoms with van der Waals surface area (Å²) < 4.78 is 0.992. The second kappa shape index (κ2) is 5.93. The first kappa shape index (κ1) is 14.8. The van der Waals surface area contributed by atoms with E-state index in [1.54, 1.807) is 0 Å². The van der Waals surface area contributed by atoms with Crippen LogP contribution < -0.4 is 5.32 Å². The van der Waals surface area contributed by atoms with Crippen molar-refractivity contribution in [2.45, 2.75) is 13.8 Å². The first-order valence-electron chi connectivity index (χ1n) is 7.12. The van der Waals surface area contributed by atoms with E-state index in [9.17, 15) is 4.79 Å². The summed E-state index contributed by atoms with van der Waals surface area (Å²) in [6, 6.07) is 17.6. The number of amides is 1. The molecule has 0 aliphatic heterocycles. The molecule has 110 valence electrons. The second-order valence-corrected chi connectivity index (χ2v) is 6.25. The highest BCUT2D eigenvalue weighted by Crippen LogP contribution is 2.27. The molecule has 0 unspecified atom stereocenters. The molecule has 22 heavy (non-hydrogen) atoms. The van der Waals surface area contributed by atoms with Crippen molar-refractivity contribution in [2.75, 3.05) is 5.32 Å². The Morgan fingerprint density at radius 3 is 2.41 bits per heavy atom. The van der Waals surface area contributed by atoms with Gasteiger partial charge in [-0.3, -0.25) is 4.79 Å². The van der Waals surface area contributed by atoms with Crippen molar-refractivity contribution < 1.29 is 4.79 Å². The van der Waals surface area contributed by atoms with Gasteiger partial charge in [0.15, 0.2) is 0 Å². The molecule has 2 nitrogen and oxygen atoms in total. The van der Waals surface area contributed by atoms with Gasteiger partial charge in [-0.05, 0) is 60.0 Å². The van der Waals surface area contributed by atoms with Gasteiger partial charge in [0, 0.05) is 15.7 Å². The fourth-order valence-corrected chi connectivity index (χ4v) is 2.99. The monoisotopic (exact) mass is 353 g/mol. The van der Waals surface area contributed by atoms with Gasteiger partial charge in [0.2, 0.25) is 0 Å². The van der Waals surface area contributed by atoms with Crippen LogP contribution in [0.1, 0.15) is 21.5 Å². The average molecular weight is 354 g/mol. The van der Waals surface area contributed by atoms with Crippen molar-refractivity contribution in [3.8, 4) is 0 Å². The topological polar surface area (TPSA) is 29.1 Å². The molecule has 0 aliphatic carbocycles. The molecule has 0 atom stereocenters. The van der Waals surface area contributed by atoms with Crippen LogP contribution in [0.4, 0.5) is 5.69 Å². The summed E-state index contributed by atoms with van der Waals surface area (Å²) in [6.07, 6.45) is 0. The van der Waals surface area contributed by atoms with Gasteiger partial charge < -0.3 is 5.32 Å². The third-order valence-corrected chi connectivity index (χ3v) is 4.57. The van der Waals surface area contributed by atoms with E-state index in [0.29, 0.717) is 5.56 Å². The molecule has 0 heterocycles. The summed E-state index contributed by atoms with van der Waals surface area (Å²) in [5.74, 6) is -0.0908. The van der Waals surface area contributed by atoms with Crippen LogP contribution in [0.5, 0.6) is 0 Å². The van der Waals surface area contributed by atoms with Gasteiger partial charge in [0.25, 0.3) is 5.91 Å². The molecular formula is C19H16BrNO. The van der Waals surface area contributed by atoms with E-state index in [0.717, 1.165) is 20.9 Å². The lowest BCUT2D eigenvalue weighted by Gasteiger charge is -2.10. The van der Waals surface area contributed by atoms with Gasteiger partial charge in [0.1, 0.15) is 0 Å². The minimum Gasteiger partial charge on any atom is -0.322 e. The van der Waals surface area contributed by atoms with Crippen molar-refractivity contribution in [3.05, 3.63) is 75.8 Å². The number of rotatable bonds is 2. The summed E-state index contributed by atoms with van der Waals surface area (Å²) in [4.78, 5) is 12.6. The Kier molecular flexibility index (Phi) is 3.99. The van der Waals surface area contributed by atoms with E-state index in [-0.39, 0.29) is 5.91 Å². The maximum Gasteiger partial charge on any atom is 0.256 e. The molecule has 3 aromatic rings. The molecule has 0 spiro atoms. The van der Waals surface area contributed by atoms with E-state index >= 15 is 0 Å². The summed E-state index contributed by atoms with van der Waals surface area (Å²) in [5.41, 5.74) is 3.88. The first-order valence-corrected chi connectivity index (χ1v) is 7.91. The van der Waals surface area contributed by atoms with E-state index in [1.165, 1.54) is 11.1 Å². The molecule has 1 amide bonds. The Morgan fingerprint density at radius 1 is 0.909 bits per heavy atom. The molecular weight excluding hydrogens is 338 g/mol. The van der Waals surface area contributed by atoms with Crippen LogP contribution >= 0.6 is 15.9 Å². The first-order chi connectivity index (χ1) is 10.6. The maximum atomic E-state index is 12.6. The van der Waals surface area contributed by atoms with Crippen molar-refractivity contribution in [3.63, 3.8) is 0 Å². The lowest BCUT2D eigenvalue weighted by molar-refractivity contribution is 0.102. The average Bonchev–Trinajstić information content (AvgIpc) is 2.51. The Hall–Kier alpha value is -2.13. The standard InChI is InChI=1S/C19H16BrNO/c1-12-9-10-14(11-13(12)2)21-19(22)17-7-3-6-16-15(17)5-4-8-18(16)20/h3-11H,1-2H3,(H,21,22). The van der Waals surface area contributed by atoms with E-state index in [4.69, 9.17) is 0 Å². The Balaban J connectivity index is 1.99. The predicted molar refractivity (Wildman–Crippen MR) is 95.5 cm³/mol. The number of fused-ring (bicyclic) bond motifs is 1. The molecule has 0 saturated carbocycles. The third-order valence-electron chi connectivity index (χ3n) is 3.88. The largest absolute Gasteiger partial charge is 0.322 e. The zero-order chi connectivity index (χ0) is 15.7. The number of hydrogen-bond acceptors (Lipinski definition) is 1. The zero-order valence-electron chi connectivity index (χ0n) is 12.5. The summed E-state index contributed by atoms with van der Waals surface area (Å²) in [6.45, 7) is 4.10. The van der Waals surface area contributed by atoms with Crippen molar-refractivity contribution in [1.82, 2.24) is 0 Å². The molecule has 3 aromatic carbocycles. The maximum absolute atomic E-state index is 12.6. The fraction of sp³-hybridized carbons (Fsp3) is 0.105. The molecule has 1 N–H and O–H groups in total.